The molecule has 0 aromatic carbocycles. The van der Waals surface area contributed by atoms with E-state index in [9.17, 15) is 9.18 Å². The number of aldehydes is 1. The van der Waals surface area contributed by atoms with E-state index in [-0.39, 0.29) is 17.4 Å². The van der Waals surface area contributed by atoms with Gasteiger partial charge in [0.25, 0.3) is 0 Å². The van der Waals surface area contributed by atoms with Gasteiger partial charge in [-0.05, 0) is 24.5 Å². The molecule has 2 atom stereocenters. The van der Waals surface area contributed by atoms with Gasteiger partial charge >= 0.3 is 0 Å². The summed E-state index contributed by atoms with van der Waals surface area (Å²) >= 11 is 6.42. The summed E-state index contributed by atoms with van der Waals surface area (Å²) in [6, 6.07) is 1.35. The minimum Gasteiger partial charge on any atom is -0.303 e. The number of alkyl halides is 1. The lowest BCUT2D eigenvalue weighted by molar-refractivity contribution is -0.115. The Morgan fingerprint density at radius 2 is 2.33 bits per heavy atom. The van der Waals surface area contributed by atoms with Crippen molar-refractivity contribution in [2.75, 3.05) is 0 Å². The van der Waals surface area contributed by atoms with Crippen molar-refractivity contribution in [2.45, 2.75) is 44.7 Å². The number of hydrogen-bond acceptors (Lipinski definition) is 4. The molecule has 0 amide bonds. The van der Waals surface area contributed by atoms with Crippen LogP contribution in [0.15, 0.2) is 23.6 Å². The van der Waals surface area contributed by atoms with E-state index in [4.69, 9.17) is 11.6 Å². The van der Waals surface area contributed by atoms with Crippen LogP contribution in [0.3, 0.4) is 0 Å². The van der Waals surface area contributed by atoms with Crippen LogP contribution in [0.4, 0.5) is 4.39 Å². The molecule has 1 aromatic heterocycles. The van der Waals surface area contributed by atoms with Gasteiger partial charge in [0.1, 0.15) is 17.6 Å². The molecule has 1 aliphatic heterocycles. The molecule has 1 aromatic rings. The monoisotopic (exact) mass is 311 g/mol. The number of aromatic nitrogens is 1. The maximum absolute atomic E-state index is 13.3. The number of hydrazone groups is 1. The van der Waals surface area contributed by atoms with Crippen molar-refractivity contribution in [3.63, 3.8) is 0 Å². The highest BCUT2D eigenvalue weighted by Gasteiger charge is 2.30. The normalized spacial score (nSPS) is 19.8. The Morgan fingerprint density at radius 3 is 3.00 bits per heavy atom. The summed E-state index contributed by atoms with van der Waals surface area (Å²) in [6.45, 7) is 3.76. The van der Waals surface area contributed by atoms with E-state index >= 15 is 0 Å². The van der Waals surface area contributed by atoms with Gasteiger partial charge in [0.05, 0.1) is 12.2 Å². The lowest BCUT2D eigenvalue weighted by atomic mass is 9.89. The van der Waals surface area contributed by atoms with Crippen LogP contribution in [0.1, 0.15) is 44.7 Å². The molecule has 0 aliphatic carbocycles. The third kappa shape index (κ3) is 4.00. The lowest BCUT2D eigenvalue weighted by Crippen LogP contribution is -2.29. The van der Waals surface area contributed by atoms with Crippen molar-refractivity contribution in [3.05, 3.63) is 29.8 Å². The quantitative estimate of drug-likeness (QED) is 0.459. The number of carbonyl (C=O) groups excluding carboxylic acids is 1. The largest absolute Gasteiger partial charge is 0.303 e. The summed E-state index contributed by atoms with van der Waals surface area (Å²) in [5, 5.41) is 6.05. The Kier molecular flexibility index (Phi) is 4.93. The summed E-state index contributed by atoms with van der Waals surface area (Å²) in [5.41, 5.74) is 0.0241. The Morgan fingerprint density at radius 1 is 1.57 bits per heavy atom. The van der Waals surface area contributed by atoms with E-state index in [1.165, 1.54) is 12.3 Å². The smallest absolute Gasteiger partial charge is 0.141 e. The minimum atomic E-state index is -0.396. The molecule has 4 nitrogen and oxygen atoms in total. The van der Waals surface area contributed by atoms with Gasteiger partial charge in [0.2, 0.25) is 0 Å². The molecule has 1 aliphatic rings. The van der Waals surface area contributed by atoms with Gasteiger partial charge in [-0.15, -0.1) is 0 Å². The fourth-order valence-electron chi connectivity index (χ4n) is 2.28. The van der Waals surface area contributed by atoms with Crippen LogP contribution in [-0.2, 0) is 4.79 Å². The zero-order valence-electron chi connectivity index (χ0n) is 12.2. The number of pyridine rings is 1. The summed E-state index contributed by atoms with van der Waals surface area (Å²) in [6.07, 6.45) is 7.50. The number of halogens is 2. The highest BCUT2D eigenvalue weighted by molar-refractivity contribution is 6.20. The predicted molar refractivity (Wildman–Crippen MR) is 80.6 cm³/mol. The van der Waals surface area contributed by atoms with E-state index in [0.717, 1.165) is 11.8 Å². The van der Waals surface area contributed by atoms with Gasteiger partial charge in [0, 0.05) is 24.2 Å². The van der Waals surface area contributed by atoms with Gasteiger partial charge in [-0.1, -0.05) is 25.4 Å². The average molecular weight is 312 g/mol. The van der Waals surface area contributed by atoms with Crippen LogP contribution in [0, 0.1) is 11.2 Å². The number of rotatable bonds is 6. The second kappa shape index (κ2) is 6.52. The van der Waals surface area contributed by atoms with E-state index in [2.05, 4.69) is 10.1 Å². The average Bonchev–Trinajstić information content (AvgIpc) is 2.94. The zero-order chi connectivity index (χ0) is 15.5. The molecular formula is C15H19ClFN3O. The van der Waals surface area contributed by atoms with E-state index < -0.39 is 5.41 Å². The zero-order valence-corrected chi connectivity index (χ0v) is 12.9. The first-order valence-electron chi connectivity index (χ1n) is 6.94. The van der Waals surface area contributed by atoms with Crippen molar-refractivity contribution in [1.29, 1.82) is 0 Å². The molecule has 0 radical (unpaired) electrons. The topological polar surface area (TPSA) is 45.6 Å². The second-order valence-electron chi connectivity index (χ2n) is 5.95. The van der Waals surface area contributed by atoms with Gasteiger partial charge < -0.3 is 4.79 Å². The number of carbonyl (C=O) groups is 1. The molecule has 0 N–H and O–H groups in total. The molecule has 0 spiro atoms. The van der Waals surface area contributed by atoms with Crippen LogP contribution in [0.25, 0.3) is 0 Å². The van der Waals surface area contributed by atoms with Crippen molar-refractivity contribution < 1.29 is 9.18 Å². The molecule has 0 saturated heterocycles. The molecule has 2 heterocycles. The first-order chi connectivity index (χ1) is 9.93. The highest BCUT2D eigenvalue weighted by Crippen LogP contribution is 2.34. The first-order valence-corrected chi connectivity index (χ1v) is 7.38. The van der Waals surface area contributed by atoms with Crippen LogP contribution >= 0.6 is 11.6 Å². The van der Waals surface area contributed by atoms with Gasteiger partial charge in [-0.2, -0.15) is 5.10 Å². The Balaban J connectivity index is 2.04. The molecule has 2 rings (SSSR count). The molecule has 21 heavy (non-hydrogen) atoms. The highest BCUT2D eigenvalue weighted by atomic mass is 35.5. The van der Waals surface area contributed by atoms with Crippen molar-refractivity contribution in [2.24, 2.45) is 10.5 Å². The summed E-state index contributed by atoms with van der Waals surface area (Å²) in [4.78, 5) is 14.8. The molecule has 0 bridgehead atoms. The number of nitrogens with zero attached hydrogens (tertiary/aromatic N) is 3. The van der Waals surface area contributed by atoms with Crippen LogP contribution < -0.4 is 0 Å². The maximum atomic E-state index is 13.3. The fraction of sp³-hybridized carbons (Fsp3) is 0.533. The molecule has 2 unspecified atom stereocenters. The summed E-state index contributed by atoms with van der Waals surface area (Å²) in [7, 11) is 0. The van der Waals surface area contributed by atoms with Gasteiger partial charge in [-0.3, -0.25) is 9.99 Å². The first kappa shape index (κ1) is 15.9. The standard InChI is InChI=1S/C15H19ClFN3O/c1-15(2,10-21)5-3-14(16)20-13(4-6-19-20)11-7-12(17)9-18-8-11/h6-10,13-14H,3-5H2,1-2H3. The summed E-state index contributed by atoms with van der Waals surface area (Å²) in [5.74, 6) is -0.368. The molecule has 6 heteroatoms. The Bertz CT molecular complexity index is 535. The molecule has 0 saturated carbocycles. The number of hydrogen-bond donors (Lipinski definition) is 0. The van der Waals surface area contributed by atoms with E-state index in [1.807, 2.05) is 13.8 Å². The van der Waals surface area contributed by atoms with Crippen LogP contribution in [0.2, 0.25) is 0 Å². The molecule has 114 valence electrons. The van der Waals surface area contributed by atoms with Gasteiger partial charge in [-0.25, -0.2) is 4.39 Å². The minimum absolute atomic E-state index is 0.102. The lowest BCUT2D eigenvalue weighted by Gasteiger charge is -2.29. The van der Waals surface area contributed by atoms with Crippen molar-refractivity contribution >= 4 is 24.1 Å². The third-order valence-corrected chi connectivity index (χ3v) is 4.02. The Hall–Kier alpha value is -1.49. The van der Waals surface area contributed by atoms with Crippen molar-refractivity contribution in [3.8, 4) is 0 Å². The van der Waals surface area contributed by atoms with E-state index in [1.54, 1.807) is 17.4 Å². The maximum Gasteiger partial charge on any atom is 0.141 e. The Labute approximate surface area is 129 Å². The molecular weight excluding hydrogens is 293 g/mol. The molecule has 0 fully saturated rings. The van der Waals surface area contributed by atoms with Crippen molar-refractivity contribution in [1.82, 2.24) is 9.99 Å². The predicted octanol–water partition coefficient (Wildman–Crippen LogP) is 3.52. The van der Waals surface area contributed by atoms with Crippen LogP contribution in [-0.4, -0.2) is 28.0 Å². The fourth-order valence-corrected chi connectivity index (χ4v) is 2.57. The third-order valence-electron chi connectivity index (χ3n) is 3.61. The SMILES string of the molecule is CC(C)(C=O)CCC(Cl)N1N=CCC1c1cncc(F)c1. The summed E-state index contributed by atoms with van der Waals surface area (Å²) < 4.78 is 13.3. The van der Waals surface area contributed by atoms with Gasteiger partial charge in [0.15, 0.2) is 0 Å². The van der Waals surface area contributed by atoms with E-state index in [0.29, 0.717) is 19.3 Å². The second-order valence-corrected chi connectivity index (χ2v) is 6.45. The van der Waals surface area contributed by atoms with Crippen LogP contribution in [0.5, 0.6) is 0 Å².